The first-order chi connectivity index (χ1) is 10.0. The van der Waals surface area contributed by atoms with E-state index in [-0.39, 0.29) is 11.9 Å². The summed E-state index contributed by atoms with van der Waals surface area (Å²) in [6, 6.07) is 11.7. The van der Waals surface area contributed by atoms with E-state index >= 15 is 0 Å². The Bertz CT molecular complexity index is 628. The number of benzene rings is 2. The van der Waals surface area contributed by atoms with Crippen molar-refractivity contribution in [3.8, 4) is 0 Å². The van der Waals surface area contributed by atoms with Crippen molar-refractivity contribution in [1.29, 1.82) is 0 Å². The highest BCUT2D eigenvalue weighted by Gasteiger charge is 2.15. The van der Waals surface area contributed by atoms with Gasteiger partial charge in [-0.25, -0.2) is 4.39 Å². The Morgan fingerprint density at radius 1 is 1.19 bits per heavy atom. The molecule has 1 atom stereocenters. The van der Waals surface area contributed by atoms with Crippen molar-refractivity contribution in [1.82, 2.24) is 5.32 Å². The van der Waals surface area contributed by atoms with Gasteiger partial charge in [-0.2, -0.15) is 0 Å². The van der Waals surface area contributed by atoms with Crippen LogP contribution < -0.4 is 5.32 Å². The van der Waals surface area contributed by atoms with Crippen molar-refractivity contribution >= 4 is 31.9 Å². The molecule has 0 heterocycles. The van der Waals surface area contributed by atoms with E-state index < -0.39 is 0 Å². The molecule has 0 aliphatic rings. The summed E-state index contributed by atoms with van der Waals surface area (Å²) in [7, 11) is 0. The van der Waals surface area contributed by atoms with Gasteiger partial charge in [0.05, 0.1) is 4.47 Å². The van der Waals surface area contributed by atoms with Crippen LogP contribution in [-0.4, -0.2) is 6.54 Å². The summed E-state index contributed by atoms with van der Waals surface area (Å²) in [6.45, 7) is 5.03. The molecule has 0 fully saturated rings. The van der Waals surface area contributed by atoms with Gasteiger partial charge in [0.1, 0.15) is 5.82 Å². The van der Waals surface area contributed by atoms with E-state index in [0.29, 0.717) is 4.47 Å². The fourth-order valence-corrected chi connectivity index (χ4v) is 3.04. The number of hydrogen-bond donors (Lipinski definition) is 1. The van der Waals surface area contributed by atoms with Crippen LogP contribution in [0.5, 0.6) is 0 Å². The zero-order valence-corrected chi connectivity index (χ0v) is 15.3. The lowest BCUT2D eigenvalue weighted by Gasteiger charge is -2.20. The highest BCUT2D eigenvalue weighted by Crippen LogP contribution is 2.28. The SMILES string of the molecule is CCNC(Cc1cccc(F)c1Br)c1ccc(Br)c(C)c1. The maximum absolute atomic E-state index is 13.7. The highest BCUT2D eigenvalue weighted by molar-refractivity contribution is 9.10. The van der Waals surface area contributed by atoms with Gasteiger partial charge in [-0.15, -0.1) is 0 Å². The first-order valence-corrected chi connectivity index (χ1v) is 8.53. The molecule has 0 aliphatic carbocycles. The molecular weight excluding hydrogens is 397 g/mol. The molecular formula is C17H18Br2FN. The van der Waals surface area contributed by atoms with E-state index in [1.165, 1.54) is 17.2 Å². The number of halogens is 3. The van der Waals surface area contributed by atoms with E-state index in [0.717, 1.165) is 23.0 Å². The van der Waals surface area contributed by atoms with Crippen molar-refractivity contribution in [3.05, 3.63) is 67.9 Å². The molecule has 0 aliphatic heterocycles. The van der Waals surface area contributed by atoms with Gasteiger partial charge in [0, 0.05) is 10.5 Å². The molecule has 1 N–H and O–H groups in total. The van der Waals surface area contributed by atoms with Gasteiger partial charge >= 0.3 is 0 Å². The molecule has 2 rings (SSSR count). The van der Waals surface area contributed by atoms with Crippen LogP contribution in [0.1, 0.15) is 29.7 Å². The summed E-state index contributed by atoms with van der Waals surface area (Å²) < 4.78 is 15.3. The second kappa shape index (κ2) is 7.52. The highest BCUT2D eigenvalue weighted by atomic mass is 79.9. The predicted molar refractivity (Wildman–Crippen MR) is 93.1 cm³/mol. The molecule has 21 heavy (non-hydrogen) atoms. The lowest BCUT2D eigenvalue weighted by atomic mass is 9.97. The number of hydrogen-bond acceptors (Lipinski definition) is 1. The Hall–Kier alpha value is -0.710. The van der Waals surface area contributed by atoms with Crippen molar-refractivity contribution < 1.29 is 4.39 Å². The van der Waals surface area contributed by atoms with Crippen LogP contribution in [0, 0.1) is 12.7 Å². The van der Waals surface area contributed by atoms with Gasteiger partial charge in [0.25, 0.3) is 0 Å². The van der Waals surface area contributed by atoms with Crippen LogP contribution in [0.15, 0.2) is 45.3 Å². The lowest BCUT2D eigenvalue weighted by Crippen LogP contribution is -2.23. The number of nitrogens with one attached hydrogen (secondary N) is 1. The van der Waals surface area contributed by atoms with Crippen molar-refractivity contribution in [2.45, 2.75) is 26.3 Å². The molecule has 2 aromatic carbocycles. The van der Waals surface area contributed by atoms with Gasteiger partial charge in [0.2, 0.25) is 0 Å². The standard InChI is InChI=1S/C17H18Br2FN/c1-3-21-16(12-7-8-14(18)11(2)9-12)10-13-5-4-6-15(20)17(13)19/h4-9,16,21H,3,10H2,1-2H3. The molecule has 112 valence electrons. The first kappa shape index (κ1) is 16.7. The van der Waals surface area contributed by atoms with Crippen LogP contribution >= 0.6 is 31.9 Å². The third-order valence-electron chi connectivity index (χ3n) is 3.49. The first-order valence-electron chi connectivity index (χ1n) is 6.95. The molecule has 0 aromatic heterocycles. The Kier molecular flexibility index (Phi) is 5.97. The fraction of sp³-hybridized carbons (Fsp3) is 0.294. The molecule has 0 saturated carbocycles. The van der Waals surface area contributed by atoms with E-state index in [9.17, 15) is 4.39 Å². The molecule has 0 saturated heterocycles. The Balaban J connectivity index is 2.30. The maximum Gasteiger partial charge on any atom is 0.137 e. The monoisotopic (exact) mass is 413 g/mol. The zero-order valence-electron chi connectivity index (χ0n) is 12.1. The minimum atomic E-state index is -0.213. The van der Waals surface area contributed by atoms with Crippen LogP contribution in [0.3, 0.4) is 0 Å². The van der Waals surface area contributed by atoms with Crippen molar-refractivity contribution in [3.63, 3.8) is 0 Å². The second-order valence-electron chi connectivity index (χ2n) is 5.04. The Morgan fingerprint density at radius 3 is 2.62 bits per heavy atom. The topological polar surface area (TPSA) is 12.0 Å². The van der Waals surface area contributed by atoms with Gasteiger partial charge in [-0.1, -0.05) is 47.1 Å². The predicted octanol–water partition coefficient (Wildman–Crippen LogP) is 5.55. The molecule has 0 spiro atoms. The summed E-state index contributed by atoms with van der Waals surface area (Å²) in [5, 5.41) is 3.48. The van der Waals surface area contributed by atoms with Gasteiger partial charge in [0.15, 0.2) is 0 Å². The average Bonchev–Trinajstić information content (AvgIpc) is 2.46. The van der Waals surface area contributed by atoms with Crippen LogP contribution in [0.2, 0.25) is 0 Å². The molecule has 0 amide bonds. The van der Waals surface area contributed by atoms with Gasteiger partial charge in [-0.05, 0) is 64.6 Å². The number of rotatable bonds is 5. The molecule has 0 radical (unpaired) electrons. The summed E-state index contributed by atoms with van der Waals surface area (Å²) in [5.41, 5.74) is 3.39. The molecule has 4 heteroatoms. The van der Waals surface area contributed by atoms with Crippen molar-refractivity contribution in [2.24, 2.45) is 0 Å². The van der Waals surface area contributed by atoms with Crippen LogP contribution in [0.4, 0.5) is 4.39 Å². The van der Waals surface area contributed by atoms with Crippen LogP contribution in [0.25, 0.3) is 0 Å². The zero-order chi connectivity index (χ0) is 15.4. The molecule has 2 aromatic rings. The van der Waals surface area contributed by atoms with E-state index in [4.69, 9.17) is 0 Å². The maximum atomic E-state index is 13.7. The molecule has 1 unspecified atom stereocenters. The largest absolute Gasteiger partial charge is 0.310 e. The summed E-state index contributed by atoms with van der Waals surface area (Å²) in [6.07, 6.45) is 0.743. The third-order valence-corrected chi connectivity index (χ3v) is 5.27. The molecule has 1 nitrogen and oxygen atoms in total. The minimum Gasteiger partial charge on any atom is -0.310 e. The smallest absolute Gasteiger partial charge is 0.137 e. The minimum absolute atomic E-state index is 0.167. The van der Waals surface area contributed by atoms with E-state index in [1.54, 1.807) is 6.07 Å². The summed E-state index contributed by atoms with van der Waals surface area (Å²) >= 11 is 6.88. The van der Waals surface area contributed by atoms with Gasteiger partial charge < -0.3 is 5.32 Å². The lowest BCUT2D eigenvalue weighted by molar-refractivity contribution is 0.544. The Labute approximate surface area is 142 Å². The van der Waals surface area contributed by atoms with Crippen molar-refractivity contribution in [2.75, 3.05) is 6.54 Å². The number of aryl methyl sites for hydroxylation is 1. The second-order valence-corrected chi connectivity index (χ2v) is 6.68. The summed E-state index contributed by atoms with van der Waals surface area (Å²) in [5.74, 6) is -0.213. The van der Waals surface area contributed by atoms with E-state index in [1.807, 2.05) is 6.07 Å². The normalized spacial score (nSPS) is 12.4. The third kappa shape index (κ3) is 4.15. The quantitative estimate of drug-likeness (QED) is 0.675. The van der Waals surface area contributed by atoms with Crippen LogP contribution in [-0.2, 0) is 6.42 Å². The fourth-order valence-electron chi connectivity index (χ4n) is 2.36. The number of likely N-dealkylation sites (N-methyl/N-ethyl adjacent to an activating group) is 1. The Morgan fingerprint density at radius 2 is 1.95 bits per heavy atom. The summed E-state index contributed by atoms with van der Waals surface area (Å²) in [4.78, 5) is 0. The molecule has 0 bridgehead atoms. The van der Waals surface area contributed by atoms with E-state index in [2.05, 4.69) is 69.2 Å². The van der Waals surface area contributed by atoms with Gasteiger partial charge in [-0.3, -0.25) is 0 Å². The average molecular weight is 415 g/mol.